The molecule has 2 aromatic carbocycles. The Hall–Kier alpha value is -2.21. The number of nitrogens with zero attached hydrogens (tertiary/aromatic N) is 2. The van der Waals surface area contributed by atoms with Crippen LogP contribution in [0.25, 0.3) is 0 Å². The van der Waals surface area contributed by atoms with Gasteiger partial charge in [0, 0.05) is 31.6 Å². The predicted molar refractivity (Wildman–Crippen MR) is 119 cm³/mol. The van der Waals surface area contributed by atoms with Crippen molar-refractivity contribution < 1.29 is 15.0 Å². The van der Waals surface area contributed by atoms with Gasteiger partial charge in [-0.05, 0) is 37.9 Å². The lowest BCUT2D eigenvalue weighted by Crippen LogP contribution is -2.44. The number of hydrogen-bond acceptors (Lipinski definition) is 4. The summed E-state index contributed by atoms with van der Waals surface area (Å²) in [6.07, 6.45) is 0.804. The monoisotopic (exact) mass is 410 g/mol. The summed E-state index contributed by atoms with van der Waals surface area (Å²) < 4.78 is 0. The van der Waals surface area contributed by atoms with E-state index in [-0.39, 0.29) is 31.1 Å². The Kier molecular flexibility index (Phi) is 7.64. The molecule has 162 valence electrons. The Morgan fingerprint density at radius 1 is 0.933 bits per heavy atom. The summed E-state index contributed by atoms with van der Waals surface area (Å²) in [5.41, 5.74) is 1.34. The molecule has 1 fully saturated rings. The molecule has 0 bridgehead atoms. The maximum Gasteiger partial charge on any atom is 0.238 e. The lowest BCUT2D eigenvalue weighted by Gasteiger charge is -2.35. The van der Waals surface area contributed by atoms with Gasteiger partial charge in [0.1, 0.15) is 5.41 Å². The van der Waals surface area contributed by atoms with Gasteiger partial charge in [0.25, 0.3) is 0 Å². The first-order valence-electron chi connectivity index (χ1n) is 10.9. The zero-order valence-corrected chi connectivity index (χ0v) is 18.1. The second-order valence-electron chi connectivity index (χ2n) is 8.37. The highest BCUT2D eigenvalue weighted by atomic mass is 16.3. The van der Waals surface area contributed by atoms with Crippen molar-refractivity contribution in [2.24, 2.45) is 5.92 Å². The van der Waals surface area contributed by atoms with E-state index in [9.17, 15) is 15.0 Å². The summed E-state index contributed by atoms with van der Waals surface area (Å²) >= 11 is 0. The Morgan fingerprint density at radius 2 is 1.43 bits per heavy atom. The normalized spacial score (nSPS) is 18.5. The minimum atomic E-state index is -0.725. The molecule has 1 heterocycles. The van der Waals surface area contributed by atoms with Crippen LogP contribution in [0.3, 0.4) is 0 Å². The highest BCUT2D eigenvalue weighted by Gasteiger charge is 2.56. The molecule has 1 amide bonds. The maximum atomic E-state index is 14.0. The van der Waals surface area contributed by atoms with E-state index in [1.165, 1.54) is 0 Å². The lowest BCUT2D eigenvalue weighted by atomic mass is 9.66. The van der Waals surface area contributed by atoms with E-state index in [4.69, 9.17) is 0 Å². The Bertz CT molecular complexity index is 749. The summed E-state index contributed by atoms with van der Waals surface area (Å²) in [7, 11) is 0. The van der Waals surface area contributed by atoms with Gasteiger partial charge in [0.15, 0.2) is 0 Å². The van der Waals surface area contributed by atoms with Crippen molar-refractivity contribution >= 4 is 5.91 Å². The molecule has 3 rings (SSSR count). The third kappa shape index (κ3) is 4.29. The zero-order chi connectivity index (χ0) is 21.6. The molecule has 0 radical (unpaired) electrons. The van der Waals surface area contributed by atoms with Crippen molar-refractivity contribution in [2.45, 2.75) is 31.7 Å². The molecule has 2 N–H and O–H groups in total. The third-order valence-corrected chi connectivity index (χ3v) is 6.34. The minimum Gasteiger partial charge on any atom is -0.395 e. The number of aliphatic hydroxyl groups is 2. The molecule has 2 aromatic rings. The first kappa shape index (κ1) is 22.5. The predicted octanol–water partition coefficient (Wildman–Crippen LogP) is 2.52. The molecule has 1 aliphatic heterocycles. The quantitative estimate of drug-likeness (QED) is 0.632. The summed E-state index contributed by atoms with van der Waals surface area (Å²) in [5.74, 6) is 0.257. The Balaban J connectivity index is 2.06. The number of carbonyl (C=O) groups excluding carboxylic acids is 1. The highest BCUT2D eigenvalue weighted by molar-refractivity contribution is 5.95. The van der Waals surface area contributed by atoms with Gasteiger partial charge >= 0.3 is 0 Å². The molecule has 1 atom stereocenters. The Morgan fingerprint density at radius 3 is 1.87 bits per heavy atom. The fourth-order valence-corrected chi connectivity index (χ4v) is 4.86. The topological polar surface area (TPSA) is 64.0 Å². The molecule has 0 spiro atoms. The lowest BCUT2D eigenvalue weighted by molar-refractivity contribution is -0.132. The van der Waals surface area contributed by atoms with E-state index < -0.39 is 5.41 Å². The van der Waals surface area contributed by atoms with Gasteiger partial charge in [-0.15, -0.1) is 0 Å². The minimum absolute atomic E-state index is 0.0598. The van der Waals surface area contributed by atoms with Crippen LogP contribution in [0.4, 0.5) is 0 Å². The first-order chi connectivity index (χ1) is 14.6. The van der Waals surface area contributed by atoms with Crippen LogP contribution in [-0.4, -0.2) is 71.4 Å². The van der Waals surface area contributed by atoms with E-state index >= 15 is 0 Å². The van der Waals surface area contributed by atoms with Crippen LogP contribution < -0.4 is 0 Å². The van der Waals surface area contributed by atoms with Crippen LogP contribution in [0.2, 0.25) is 0 Å². The molecule has 1 aliphatic rings. The molecule has 0 saturated carbocycles. The van der Waals surface area contributed by atoms with Crippen LogP contribution in [0, 0.1) is 5.92 Å². The molecule has 0 aromatic heterocycles. The smallest absolute Gasteiger partial charge is 0.238 e. The summed E-state index contributed by atoms with van der Waals surface area (Å²) in [6.45, 7) is 6.75. The molecular formula is C25H34N2O3. The van der Waals surface area contributed by atoms with Gasteiger partial charge in [-0.25, -0.2) is 0 Å². The van der Waals surface area contributed by atoms with Gasteiger partial charge < -0.3 is 15.1 Å². The van der Waals surface area contributed by atoms with Crippen molar-refractivity contribution in [3.05, 3.63) is 71.8 Å². The van der Waals surface area contributed by atoms with Gasteiger partial charge in [-0.1, -0.05) is 60.7 Å². The van der Waals surface area contributed by atoms with Crippen molar-refractivity contribution in [3.63, 3.8) is 0 Å². The van der Waals surface area contributed by atoms with Crippen molar-refractivity contribution in [3.8, 4) is 0 Å². The van der Waals surface area contributed by atoms with E-state index in [1.807, 2.05) is 41.3 Å². The van der Waals surface area contributed by atoms with E-state index in [0.29, 0.717) is 19.6 Å². The molecule has 1 saturated heterocycles. The van der Waals surface area contributed by atoms with E-state index in [0.717, 1.165) is 24.1 Å². The number of benzene rings is 2. The SMILES string of the molecule is CC(C)N1C[C@H](CCN(CCO)CCO)C(c2ccccc2)(c2ccccc2)C1=O. The van der Waals surface area contributed by atoms with E-state index in [2.05, 4.69) is 43.0 Å². The van der Waals surface area contributed by atoms with Crippen LogP contribution in [0.1, 0.15) is 31.4 Å². The first-order valence-corrected chi connectivity index (χ1v) is 10.9. The largest absolute Gasteiger partial charge is 0.395 e. The van der Waals surface area contributed by atoms with Gasteiger partial charge in [-0.2, -0.15) is 0 Å². The maximum absolute atomic E-state index is 14.0. The average molecular weight is 411 g/mol. The number of aliphatic hydroxyl groups excluding tert-OH is 2. The van der Waals surface area contributed by atoms with Gasteiger partial charge in [0.05, 0.1) is 13.2 Å². The standard InChI is InChI=1S/C25H34N2O3/c1-20(2)27-19-23(13-14-26(15-17-28)16-18-29)25(24(27)30,21-9-5-3-6-10-21)22-11-7-4-8-12-22/h3-12,20,23,28-29H,13-19H2,1-2H3/t23-/m0/s1. The number of amides is 1. The molecule has 5 nitrogen and oxygen atoms in total. The second-order valence-corrected chi connectivity index (χ2v) is 8.37. The fourth-order valence-electron chi connectivity index (χ4n) is 4.86. The van der Waals surface area contributed by atoms with Crippen molar-refractivity contribution in [2.75, 3.05) is 39.4 Å². The number of carbonyl (C=O) groups is 1. The fraction of sp³-hybridized carbons (Fsp3) is 0.480. The van der Waals surface area contributed by atoms with Crippen LogP contribution >= 0.6 is 0 Å². The Labute approximate surface area is 179 Å². The van der Waals surface area contributed by atoms with Crippen LogP contribution in [-0.2, 0) is 10.2 Å². The van der Waals surface area contributed by atoms with Crippen molar-refractivity contribution in [1.82, 2.24) is 9.80 Å². The van der Waals surface area contributed by atoms with Gasteiger partial charge in [0.2, 0.25) is 5.91 Å². The molecule has 0 aliphatic carbocycles. The average Bonchev–Trinajstić information content (AvgIpc) is 3.07. The molecule has 0 unspecified atom stereocenters. The molecule has 5 heteroatoms. The van der Waals surface area contributed by atoms with Crippen molar-refractivity contribution in [1.29, 1.82) is 0 Å². The number of rotatable bonds is 10. The van der Waals surface area contributed by atoms with Gasteiger partial charge in [-0.3, -0.25) is 9.69 Å². The van der Waals surface area contributed by atoms with Crippen LogP contribution in [0.5, 0.6) is 0 Å². The number of hydrogen-bond donors (Lipinski definition) is 2. The summed E-state index contributed by atoms with van der Waals surface area (Å²) in [4.78, 5) is 18.1. The zero-order valence-electron chi connectivity index (χ0n) is 18.1. The summed E-state index contributed by atoms with van der Waals surface area (Å²) in [5, 5.41) is 18.8. The highest BCUT2D eigenvalue weighted by Crippen LogP contribution is 2.47. The number of likely N-dealkylation sites (tertiary alicyclic amines) is 1. The molecular weight excluding hydrogens is 376 g/mol. The van der Waals surface area contributed by atoms with E-state index in [1.54, 1.807) is 0 Å². The third-order valence-electron chi connectivity index (χ3n) is 6.34. The van der Waals surface area contributed by atoms with Crippen LogP contribution in [0.15, 0.2) is 60.7 Å². The summed E-state index contributed by atoms with van der Waals surface area (Å²) in [6, 6.07) is 20.4. The molecule has 30 heavy (non-hydrogen) atoms. The second kappa shape index (κ2) is 10.2.